The average Bonchev–Trinajstić information content (AvgIpc) is 3.02. The lowest BCUT2D eigenvalue weighted by Crippen LogP contribution is -2.58. The molecular weight excluding hydrogens is 212 g/mol. The number of nitrogens with two attached hydrogens (primary N) is 1. The first-order valence-electron chi connectivity index (χ1n) is 7.32. The second-order valence-electron chi connectivity index (χ2n) is 6.46. The van der Waals surface area contributed by atoms with Gasteiger partial charge in [0.05, 0.1) is 12.1 Å². The van der Waals surface area contributed by atoms with Gasteiger partial charge < -0.3 is 10.5 Å². The first-order valence-corrected chi connectivity index (χ1v) is 7.32. The van der Waals surface area contributed by atoms with Crippen LogP contribution in [0.3, 0.4) is 0 Å². The zero-order chi connectivity index (χ0) is 11.8. The van der Waals surface area contributed by atoms with Gasteiger partial charge in [0.1, 0.15) is 0 Å². The predicted octanol–water partition coefficient (Wildman–Crippen LogP) is 1.76. The van der Waals surface area contributed by atoms with Crippen molar-refractivity contribution in [3.8, 4) is 0 Å². The fourth-order valence-corrected chi connectivity index (χ4v) is 4.25. The Morgan fingerprint density at radius 1 is 1.06 bits per heavy atom. The third-order valence-corrected chi connectivity index (χ3v) is 5.45. The van der Waals surface area contributed by atoms with Crippen LogP contribution < -0.4 is 5.73 Å². The molecule has 0 bridgehead atoms. The molecule has 1 unspecified atom stereocenters. The van der Waals surface area contributed by atoms with Gasteiger partial charge in [-0.3, -0.25) is 4.90 Å². The number of ether oxygens (including phenoxy) is 1. The Morgan fingerprint density at radius 3 is 2.53 bits per heavy atom. The molecule has 1 saturated carbocycles. The molecule has 17 heavy (non-hydrogen) atoms. The summed E-state index contributed by atoms with van der Waals surface area (Å²) in [6, 6.07) is 0. The summed E-state index contributed by atoms with van der Waals surface area (Å²) in [5, 5.41) is 0. The third kappa shape index (κ3) is 2.02. The van der Waals surface area contributed by atoms with E-state index in [1.807, 2.05) is 0 Å². The van der Waals surface area contributed by atoms with Gasteiger partial charge in [-0.05, 0) is 44.1 Å². The van der Waals surface area contributed by atoms with Crippen LogP contribution >= 0.6 is 0 Å². The molecule has 3 nitrogen and oxygen atoms in total. The van der Waals surface area contributed by atoms with E-state index in [4.69, 9.17) is 10.5 Å². The minimum Gasteiger partial charge on any atom is -0.379 e. The Labute approximate surface area is 105 Å². The summed E-state index contributed by atoms with van der Waals surface area (Å²) >= 11 is 0. The minimum atomic E-state index is 0.171. The molecule has 2 aliphatic heterocycles. The summed E-state index contributed by atoms with van der Waals surface area (Å²) in [6.07, 6.45) is 9.60. The van der Waals surface area contributed by atoms with E-state index in [2.05, 4.69) is 4.90 Å². The molecule has 0 aromatic rings. The van der Waals surface area contributed by atoms with Crippen molar-refractivity contribution >= 4 is 0 Å². The monoisotopic (exact) mass is 238 g/mol. The lowest BCUT2D eigenvalue weighted by Gasteiger charge is -2.44. The van der Waals surface area contributed by atoms with Gasteiger partial charge in [0.2, 0.25) is 0 Å². The van der Waals surface area contributed by atoms with E-state index in [1.54, 1.807) is 0 Å². The van der Waals surface area contributed by atoms with E-state index in [9.17, 15) is 0 Å². The predicted molar refractivity (Wildman–Crippen MR) is 68.9 cm³/mol. The number of nitrogens with zero attached hydrogens (tertiary/aromatic N) is 1. The van der Waals surface area contributed by atoms with Crippen LogP contribution in [0.1, 0.15) is 44.9 Å². The standard InChI is InChI=1S/C14H26N2O/c15-10-14(6-3-9-17-12-14)16-8-7-13(11-16)4-1-2-5-13/h1-12,15H2. The van der Waals surface area contributed by atoms with E-state index in [0.29, 0.717) is 5.41 Å². The van der Waals surface area contributed by atoms with E-state index in [-0.39, 0.29) is 5.54 Å². The molecule has 3 aliphatic rings. The van der Waals surface area contributed by atoms with Crippen molar-refractivity contribution < 1.29 is 4.74 Å². The Kier molecular flexibility index (Phi) is 3.18. The van der Waals surface area contributed by atoms with E-state index >= 15 is 0 Å². The summed E-state index contributed by atoms with van der Waals surface area (Å²) < 4.78 is 5.72. The van der Waals surface area contributed by atoms with Crippen molar-refractivity contribution in [2.45, 2.75) is 50.5 Å². The molecule has 1 atom stereocenters. The highest BCUT2D eigenvalue weighted by Gasteiger charge is 2.47. The van der Waals surface area contributed by atoms with E-state index in [0.717, 1.165) is 19.8 Å². The van der Waals surface area contributed by atoms with Gasteiger partial charge in [0.15, 0.2) is 0 Å². The molecule has 3 fully saturated rings. The maximum atomic E-state index is 6.08. The van der Waals surface area contributed by atoms with Crippen LogP contribution in [0.2, 0.25) is 0 Å². The third-order valence-electron chi connectivity index (χ3n) is 5.45. The van der Waals surface area contributed by atoms with Crippen molar-refractivity contribution in [2.75, 3.05) is 32.8 Å². The first kappa shape index (κ1) is 11.9. The van der Waals surface area contributed by atoms with Crippen molar-refractivity contribution in [1.82, 2.24) is 4.90 Å². The zero-order valence-electron chi connectivity index (χ0n) is 10.9. The molecular formula is C14H26N2O. The lowest BCUT2D eigenvalue weighted by atomic mass is 9.85. The van der Waals surface area contributed by atoms with E-state index < -0.39 is 0 Å². The van der Waals surface area contributed by atoms with Crippen molar-refractivity contribution in [3.05, 3.63) is 0 Å². The number of hydrogen-bond donors (Lipinski definition) is 1. The first-order chi connectivity index (χ1) is 8.29. The number of hydrogen-bond acceptors (Lipinski definition) is 3. The number of likely N-dealkylation sites (tertiary alicyclic amines) is 1. The summed E-state index contributed by atoms with van der Waals surface area (Å²) in [5.41, 5.74) is 6.91. The summed E-state index contributed by atoms with van der Waals surface area (Å²) in [4.78, 5) is 2.68. The van der Waals surface area contributed by atoms with Crippen LogP contribution in [0, 0.1) is 5.41 Å². The zero-order valence-corrected chi connectivity index (χ0v) is 10.9. The van der Waals surface area contributed by atoms with Gasteiger partial charge in [-0.1, -0.05) is 12.8 Å². The van der Waals surface area contributed by atoms with Crippen molar-refractivity contribution in [3.63, 3.8) is 0 Å². The maximum Gasteiger partial charge on any atom is 0.0662 e. The largest absolute Gasteiger partial charge is 0.379 e. The number of rotatable bonds is 2. The molecule has 0 amide bonds. The molecule has 0 aromatic heterocycles. The highest BCUT2D eigenvalue weighted by atomic mass is 16.5. The smallest absolute Gasteiger partial charge is 0.0662 e. The topological polar surface area (TPSA) is 38.5 Å². The van der Waals surface area contributed by atoms with Gasteiger partial charge in [-0.25, -0.2) is 0 Å². The lowest BCUT2D eigenvalue weighted by molar-refractivity contribution is -0.0394. The Bertz CT molecular complexity index is 267. The van der Waals surface area contributed by atoms with Crippen LogP contribution in [0.5, 0.6) is 0 Å². The average molecular weight is 238 g/mol. The normalized spacial score (nSPS) is 37.9. The van der Waals surface area contributed by atoms with Gasteiger partial charge in [-0.15, -0.1) is 0 Å². The molecule has 2 N–H and O–H groups in total. The van der Waals surface area contributed by atoms with Crippen LogP contribution in [-0.2, 0) is 4.74 Å². The Balaban J connectivity index is 1.71. The van der Waals surface area contributed by atoms with Crippen LogP contribution in [0.15, 0.2) is 0 Å². The SMILES string of the molecule is NCC1(N2CCC3(CCCC3)C2)CCCOC1. The quantitative estimate of drug-likeness (QED) is 0.796. The Hall–Kier alpha value is -0.120. The molecule has 1 spiro atoms. The van der Waals surface area contributed by atoms with Gasteiger partial charge in [0.25, 0.3) is 0 Å². The maximum absolute atomic E-state index is 6.08. The summed E-state index contributed by atoms with van der Waals surface area (Å²) in [6.45, 7) is 5.09. The molecule has 2 saturated heterocycles. The summed E-state index contributed by atoms with van der Waals surface area (Å²) in [5.74, 6) is 0. The van der Waals surface area contributed by atoms with Crippen LogP contribution in [0.4, 0.5) is 0 Å². The highest BCUT2D eigenvalue weighted by molar-refractivity contribution is 5.02. The highest BCUT2D eigenvalue weighted by Crippen LogP contribution is 2.47. The van der Waals surface area contributed by atoms with Gasteiger partial charge in [-0.2, -0.15) is 0 Å². The summed E-state index contributed by atoms with van der Waals surface area (Å²) in [7, 11) is 0. The minimum absolute atomic E-state index is 0.171. The molecule has 2 heterocycles. The van der Waals surface area contributed by atoms with Crippen molar-refractivity contribution in [2.24, 2.45) is 11.1 Å². The van der Waals surface area contributed by atoms with E-state index in [1.165, 1.54) is 58.0 Å². The van der Waals surface area contributed by atoms with Crippen LogP contribution in [-0.4, -0.2) is 43.3 Å². The molecule has 3 heteroatoms. The Morgan fingerprint density at radius 2 is 1.88 bits per heavy atom. The fourth-order valence-electron chi connectivity index (χ4n) is 4.25. The fraction of sp³-hybridized carbons (Fsp3) is 1.00. The molecule has 0 radical (unpaired) electrons. The molecule has 98 valence electrons. The molecule has 1 aliphatic carbocycles. The molecule has 3 rings (SSSR count). The second kappa shape index (κ2) is 4.52. The van der Waals surface area contributed by atoms with Crippen LogP contribution in [0.25, 0.3) is 0 Å². The van der Waals surface area contributed by atoms with Gasteiger partial charge in [0, 0.05) is 19.7 Å². The van der Waals surface area contributed by atoms with Gasteiger partial charge >= 0.3 is 0 Å². The van der Waals surface area contributed by atoms with Crippen molar-refractivity contribution in [1.29, 1.82) is 0 Å². The second-order valence-corrected chi connectivity index (χ2v) is 6.46. The molecule has 0 aromatic carbocycles.